The van der Waals surface area contributed by atoms with Crippen molar-refractivity contribution in [3.63, 3.8) is 0 Å². The van der Waals surface area contributed by atoms with E-state index in [1.54, 1.807) is 6.07 Å². The van der Waals surface area contributed by atoms with Crippen LogP contribution in [0.15, 0.2) is 28.9 Å². The van der Waals surface area contributed by atoms with Crippen molar-refractivity contribution in [1.82, 2.24) is 25.6 Å². The third-order valence-electron chi connectivity index (χ3n) is 2.43. The zero-order valence-corrected chi connectivity index (χ0v) is 9.33. The highest BCUT2D eigenvalue weighted by Crippen LogP contribution is 2.25. The predicted octanol–water partition coefficient (Wildman–Crippen LogP) is 1.53. The normalized spacial score (nSPS) is 10.3. The second-order valence-corrected chi connectivity index (χ2v) is 3.55. The summed E-state index contributed by atoms with van der Waals surface area (Å²) in [4.78, 5) is 4.05. The van der Waals surface area contributed by atoms with Crippen LogP contribution in [0.1, 0.15) is 5.56 Å². The smallest absolute Gasteiger partial charge is 0.259 e. The molecule has 0 radical (unpaired) electrons. The maximum Gasteiger partial charge on any atom is 0.259 e. The third-order valence-corrected chi connectivity index (χ3v) is 2.43. The number of nitrogens with zero attached hydrogens (tertiary/aromatic N) is 5. The SMILES string of the molecule is N#Cc1c(F)cccc1-c1nc(-c2cn[nH]n2)no1. The summed E-state index contributed by atoms with van der Waals surface area (Å²) in [7, 11) is 0. The van der Waals surface area contributed by atoms with Gasteiger partial charge in [-0.25, -0.2) is 4.39 Å². The van der Waals surface area contributed by atoms with Crippen molar-refractivity contribution in [3.05, 3.63) is 35.8 Å². The van der Waals surface area contributed by atoms with Crippen molar-refractivity contribution in [2.45, 2.75) is 0 Å². The van der Waals surface area contributed by atoms with Crippen LogP contribution in [0.25, 0.3) is 23.0 Å². The second-order valence-electron chi connectivity index (χ2n) is 3.55. The van der Waals surface area contributed by atoms with Gasteiger partial charge in [-0.2, -0.15) is 25.7 Å². The lowest BCUT2D eigenvalue weighted by molar-refractivity contribution is 0.431. The van der Waals surface area contributed by atoms with Gasteiger partial charge in [-0.1, -0.05) is 11.2 Å². The molecule has 0 bridgehead atoms. The number of hydrogen-bond donors (Lipinski definition) is 1. The Morgan fingerprint density at radius 2 is 2.26 bits per heavy atom. The van der Waals surface area contributed by atoms with E-state index in [-0.39, 0.29) is 22.8 Å². The van der Waals surface area contributed by atoms with E-state index in [1.807, 2.05) is 0 Å². The molecule has 0 saturated heterocycles. The maximum atomic E-state index is 13.5. The van der Waals surface area contributed by atoms with Gasteiger partial charge in [0.2, 0.25) is 5.82 Å². The number of H-pyrrole nitrogens is 1. The van der Waals surface area contributed by atoms with E-state index in [0.29, 0.717) is 5.69 Å². The van der Waals surface area contributed by atoms with Crippen LogP contribution < -0.4 is 0 Å². The molecule has 2 aromatic heterocycles. The first-order valence-corrected chi connectivity index (χ1v) is 5.18. The Bertz CT molecular complexity index is 758. The quantitative estimate of drug-likeness (QED) is 0.745. The fourth-order valence-corrected chi connectivity index (χ4v) is 1.56. The molecule has 2 heterocycles. The Balaban J connectivity index is 2.10. The molecule has 1 aromatic carbocycles. The average molecular weight is 256 g/mol. The first kappa shape index (κ1) is 11.0. The molecule has 0 fully saturated rings. The van der Waals surface area contributed by atoms with E-state index in [0.717, 1.165) is 0 Å². The summed E-state index contributed by atoms with van der Waals surface area (Å²) in [6.45, 7) is 0. The van der Waals surface area contributed by atoms with Crippen LogP contribution in [-0.4, -0.2) is 25.6 Å². The van der Waals surface area contributed by atoms with Crippen LogP contribution in [0.4, 0.5) is 4.39 Å². The Morgan fingerprint density at radius 3 is 3.00 bits per heavy atom. The fourth-order valence-electron chi connectivity index (χ4n) is 1.56. The molecule has 92 valence electrons. The molecule has 0 aliphatic heterocycles. The van der Waals surface area contributed by atoms with Crippen LogP contribution in [0.3, 0.4) is 0 Å². The summed E-state index contributed by atoms with van der Waals surface area (Å²) in [5, 5.41) is 22.5. The Morgan fingerprint density at radius 1 is 1.37 bits per heavy atom. The second kappa shape index (κ2) is 4.30. The highest BCUT2D eigenvalue weighted by molar-refractivity contribution is 5.64. The van der Waals surface area contributed by atoms with E-state index < -0.39 is 5.82 Å². The van der Waals surface area contributed by atoms with E-state index in [4.69, 9.17) is 9.78 Å². The summed E-state index contributed by atoms with van der Waals surface area (Å²) in [6.07, 6.45) is 1.42. The van der Waals surface area contributed by atoms with E-state index >= 15 is 0 Å². The molecule has 7 nitrogen and oxygen atoms in total. The lowest BCUT2D eigenvalue weighted by atomic mass is 10.1. The third kappa shape index (κ3) is 1.83. The Hall–Kier alpha value is -3.08. The fraction of sp³-hybridized carbons (Fsp3) is 0. The Kier molecular flexibility index (Phi) is 2.50. The molecule has 3 aromatic rings. The van der Waals surface area contributed by atoms with E-state index in [1.165, 1.54) is 24.4 Å². The molecular weight excluding hydrogens is 251 g/mol. The summed E-state index contributed by atoms with van der Waals surface area (Å²) < 4.78 is 18.5. The van der Waals surface area contributed by atoms with E-state index in [9.17, 15) is 4.39 Å². The minimum Gasteiger partial charge on any atom is -0.334 e. The molecule has 0 amide bonds. The summed E-state index contributed by atoms with van der Waals surface area (Å²) in [5.41, 5.74) is 0.493. The number of aromatic nitrogens is 5. The summed E-state index contributed by atoms with van der Waals surface area (Å²) >= 11 is 0. The summed E-state index contributed by atoms with van der Waals surface area (Å²) in [5.74, 6) is -0.382. The molecule has 0 saturated carbocycles. The first-order valence-electron chi connectivity index (χ1n) is 5.18. The van der Waals surface area contributed by atoms with Crippen molar-refractivity contribution in [2.75, 3.05) is 0 Å². The van der Waals surface area contributed by atoms with Crippen LogP contribution in [0.5, 0.6) is 0 Å². The van der Waals surface area contributed by atoms with Crippen LogP contribution in [0, 0.1) is 17.1 Å². The molecular formula is C11H5FN6O. The van der Waals surface area contributed by atoms with Gasteiger partial charge < -0.3 is 4.52 Å². The number of nitrogens with one attached hydrogen (secondary N) is 1. The molecule has 19 heavy (non-hydrogen) atoms. The number of rotatable bonds is 2. The lowest BCUT2D eigenvalue weighted by Gasteiger charge is -1.98. The van der Waals surface area contributed by atoms with Gasteiger partial charge in [-0.15, -0.1) is 0 Å². The van der Waals surface area contributed by atoms with Gasteiger partial charge in [0, 0.05) is 0 Å². The van der Waals surface area contributed by atoms with Gasteiger partial charge in [-0.05, 0) is 12.1 Å². The molecule has 8 heteroatoms. The highest BCUT2D eigenvalue weighted by Gasteiger charge is 2.17. The summed E-state index contributed by atoms with van der Waals surface area (Å²) in [6, 6.07) is 5.95. The molecule has 3 rings (SSSR count). The van der Waals surface area contributed by atoms with Gasteiger partial charge in [-0.3, -0.25) is 0 Å². The monoisotopic (exact) mass is 256 g/mol. The molecule has 0 unspecified atom stereocenters. The van der Waals surface area contributed by atoms with Crippen molar-refractivity contribution >= 4 is 0 Å². The first-order chi connectivity index (χ1) is 9.29. The number of halogens is 1. The van der Waals surface area contributed by atoms with Crippen molar-refractivity contribution in [2.24, 2.45) is 0 Å². The zero-order chi connectivity index (χ0) is 13.2. The maximum absolute atomic E-state index is 13.5. The number of aromatic amines is 1. The minimum absolute atomic E-state index is 0.0500. The van der Waals surface area contributed by atoms with E-state index in [2.05, 4.69) is 25.6 Å². The average Bonchev–Trinajstić information content (AvgIpc) is 3.09. The number of nitriles is 1. The van der Waals surface area contributed by atoms with Crippen molar-refractivity contribution in [1.29, 1.82) is 5.26 Å². The number of benzene rings is 1. The van der Waals surface area contributed by atoms with Crippen molar-refractivity contribution < 1.29 is 8.91 Å². The topological polar surface area (TPSA) is 104 Å². The zero-order valence-electron chi connectivity index (χ0n) is 9.33. The Labute approximate surface area is 105 Å². The molecule has 0 aliphatic carbocycles. The predicted molar refractivity (Wildman–Crippen MR) is 59.8 cm³/mol. The largest absolute Gasteiger partial charge is 0.334 e. The van der Waals surface area contributed by atoms with Gasteiger partial charge in [0.05, 0.1) is 11.8 Å². The van der Waals surface area contributed by atoms with Gasteiger partial charge in [0.15, 0.2) is 5.69 Å². The minimum atomic E-state index is -0.638. The highest BCUT2D eigenvalue weighted by atomic mass is 19.1. The van der Waals surface area contributed by atoms with Crippen LogP contribution in [-0.2, 0) is 0 Å². The molecule has 0 aliphatic rings. The van der Waals surface area contributed by atoms with Gasteiger partial charge in [0.1, 0.15) is 17.4 Å². The van der Waals surface area contributed by atoms with Crippen molar-refractivity contribution in [3.8, 4) is 29.0 Å². The molecule has 0 spiro atoms. The van der Waals surface area contributed by atoms with Gasteiger partial charge >= 0.3 is 0 Å². The molecule has 0 atom stereocenters. The number of hydrogen-bond acceptors (Lipinski definition) is 6. The lowest BCUT2D eigenvalue weighted by Crippen LogP contribution is -1.89. The van der Waals surface area contributed by atoms with Crippen LogP contribution >= 0.6 is 0 Å². The van der Waals surface area contributed by atoms with Gasteiger partial charge in [0.25, 0.3) is 5.89 Å². The standard InChI is InChI=1S/C11H5FN6O/c12-8-3-1-2-6(7(8)4-13)11-15-10(17-19-11)9-5-14-18-16-9/h1-3,5H,(H,14,16,18). The molecule has 1 N–H and O–H groups in total. The van der Waals surface area contributed by atoms with Crippen LogP contribution in [0.2, 0.25) is 0 Å².